The lowest BCUT2D eigenvalue weighted by molar-refractivity contribution is -0.139. The summed E-state index contributed by atoms with van der Waals surface area (Å²) in [5.74, 6) is -1.11. The highest BCUT2D eigenvalue weighted by Gasteiger charge is 2.23. The Balaban J connectivity index is 1.38. The van der Waals surface area contributed by atoms with Crippen molar-refractivity contribution < 1.29 is 9.59 Å². The lowest BCUT2D eigenvalue weighted by Gasteiger charge is -2.32. The van der Waals surface area contributed by atoms with Gasteiger partial charge in [0.25, 0.3) is 0 Å². The molecule has 5 nitrogen and oxygen atoms in total. The normalized spacial score (nSPS) is 15.4. The van der Waals surface area contributed by atoms with E-state index in [9.17, 15) is 9.59 Å². The van der Waals surface area contributed by atoms with E-state index in [4.69, 9.17) is 0 Å². The Kier molecular flexibility index (Phi) is 6.39. The number of nitrogens with one attached hydrogen (secondary N) is 2. The Morgan fingerprint density at radius 2 is 1.42 bits per heavy atom. The van der Waals surface area contributed by atoms with Crippen LogP contribution in [0.3, 0.4) is 0 Å². The van der Waals surface area contributed by atoms with Gasteiger partial charge in [-0.15, -0.1) is 0 Å². The van der Waals surface area contributed by atoms with Crippen LogP contribution in [-0.2, 0) is 22.7 Å². The SMILES string of the molecule is O=C(NCc1ccccc1)C(=O)NC1CCN(Cc2ccccc2)CC1. The average Bonchev–Trinajstić information content (AvgIpc) is 2.69. The standard InChI is InChI=1S/C21H25N3O2/c25-20(22-15-17-7-3-1-4-8-17)21(26)23-19-11-13-24(14-12-19)16-18-9-5-2-6-10-18/h1-10,19H,11-16H2,(H,22,25)(H,23,26). The fourth-order valence-electron chi connectivity index (χ4n) is 3.19. The number of benzene rings is 2. The molecule has 0 bridgehead atoms. The van der Waals surface area contributed by atoms with Crippen molar-refractivity contribution in [2.24, 2.45) is 0 Å². The van der Waals surface area contributed by atoms with Gasteiger partial charge in [0.1, 0.15) is 0 Å². The zero-order valence-electron chi connectivity index (χ0n) is 14.9. The smallest absolute Gasteiger partial charge is 0.309 e. The van der Waals surface area contributed by atoms with Gasteiger partial charge in [0.2, 0.25) is 0 Å². The van der Waals surface area contributed by atoms with Crippen molar-refractivity contribution in [1.82, 2.24) is 15.5 Å². The van der Waals surface area contributed by atoms with Crippen LogP contribution in [0.5, 0.6) is 0 Å². The Morgan fingerprint density at radius 1 is 0.846 bits per heavy atom. The predicted octanol–water partition coefficient (Wildman–Crippen LogP) is 2.08. The molecule has 0 spiro atoms. The molecule has 0 radical (unpaired) electrons. The summed E-state index contributed by atoms with van der Waals surface area (Å²) in [6.07, 6.45) is 1.73. The third-order valence-corrected chi connectivity index (χ3v) is 4.67. The first kappa shape index (κ1) is 18.1. The van der Waals surface area contributed by atoms with E-state index in [1.165, 1.54) is 5.56 Å². The van der Waals surface area contributed by atoms with Crippen LogP contribution in [-0.4, -0.2) is 35.8 Å². The second-order valence-corrected chi connectivity index (χ2v) is 6.68. The Bertz CT molecular complexity index is 711. The summed E-state index contributed by atoms with van der Waals surface area (Å²) >= 11 is 0. The van der Waals surface area contributed by atoms with Gasteiger partial charge in [0, 0.05) is 32.2 Å². The van der Waals surface area contributed by atoms with Crippen LogP contribution in [0.1, 0.15) is 24.0 Å². The zero-order valence-corrected chi connectivity index (χ0v) is 14.9. The summed E-state index contributed by atoms with van der Waals surface area (Å²) in [7, 11) is 0. The molecule has 1 aliphatic rings. The lowest BCUT2D eigenvalue weighted by Crippen LogP contribution is -2.48. The number of carbonyl (C=O) groups excluding carboxylic acids is 2. The average molecular weight is 351 g/mol. The van der Waals surface area contributed by atoms with E-state index in [-0.39, 0.29) is 6.04 Å². The van der Waals surface area contributed by atoms with Crippen LogP contribution in [0.25, 0.3) is 0 Å². The minimum atomic E-state index is -0.569. The first-order chi connectivity index (χ1) is 12.7. The number of likely N-dealkylation sites (tertiary alicyclic amines) is 1. The molecule has 5 heteroatoms. The molecule has 0 atom stereocenters. The van der Waals surface area contributed by atoms with E-state index in [1.54, 1.807) is 0 Å². The number of piperidine rings is 1. The third-order valence-electron chi connectivity index (χ3n) is 4.67. The van der Waals surface area contributed by atoms with Crippen LogP contribution in [0, 0.1) is 0 Å². The van der Waals surface area contributed by atoms with Crippen molar-refractivity contribution in [1.29, 1.82) is 0 Å². The molecule has 1 heterocycles. The maximum atomic E-state index is 12.1. The lowest BCUT2D eigenvalue weighted by atomic mass is 10.0. The van der Waals surface area contributed by atoms with Crippen LogP contribution in [0.15, 0.2) is 60.7 Å². The molecule has 2 N–H and O–H groups in total. The molecule has 1 fully saturated rings. The number of nitrogens with zero attached hydrogens (tertiary/aromatic N) is 1. The van der Waals surface area contributed by atoms with Crippen molar-refractivity contribution in [3.05, 3.63) is 71.8 Å². The number of hydrogen-bond donors (Lipinski definition) is 2. The monoisotopic (exact) mass is 351 g/mol. The second-order valence-electron chi connectivity index (χ2n) is 6.68. The van der Waals surface area contributed by atoms with Gasteiger partial charge < -0.3 is 10.6 Å². The minimum Gasteiger partial charge on any atom is -0.345 e. The van der Waals surface area contributed by atoms with E-state index < -0.39 is 11.8 Å². The van der Waals surface area contributed by atoms with Gasteiger partial charge in [0.05, 0.1) is 0 Å². The van der Waals surface area contributed by atoms with Gasteiger partial charge >= 0.3 is 11.8 Å². The Hall–Kier alpha value is -2.66. The summed E-state index contributed by atoms with van der Waals surface area (Å²) in [6, 6.07) is 20.0. The molecule has 2 aromatic carbocycles. The topological polar surface area (TPSA) is 61.4 Å². The van der Waals surface area contributed by atoms with Gasteiger partial charge in [-0.05, 0) is 24.0 Å². The van der Waals surface area contributed by atoms with Crippen molar-refractivity contribution in [2.75, 3.05) is 13.1 Å². The van der Waals surface area contributed by atoms with Crippen molar-refractivity contribution in [3.63, 3.8) is 0 Å². The quantitative estimate of drug-likeness (QED) is 0.811. The summed E-state index contributed by atoms with van der Waals surface area (Å²) in [4.78, 5) is 26.4. The van der Waals surface area contributed by atoms with Crippen LogP contribution in [0.4, 0.5) is 0 Å². The largest absolute Gasteiger partial charge is 0.345 e. The second kappa shape index (κ2) is 9.15. The molecule has 1 aliphatic heterocycles. The molecule has 0 saturated carbocycles. The Labute approximate surface area is 154 Å². The summed E-state index contributed by atoms with van der Waals surface area (Å²) < 4.78 is 0. The zero-order chi connectivity index (χ0) is 18.2. The van der Waals surface area contributed by atoms with E-state index in [0.29, 0.717) is 6.54 Å². The molecular formula is C21H25N3O2. The number of rotatable bonds is 5. The minimum absolute atomic E-state index is 0.0667. The number of amides is 2. The van der Waals surface area contributed by atoms with E-state index in [0.717, 1.165) is 38.0 Å². The van der Waals surface area contributed by atoms with E-state index in [1.807, 2.05) is 36.4 Å². The molecule has 26 heavy (non-hydrogen) atoms. The van der Waals surface area contributed by atoms with Gasteiger partial charge in [-0.25, -0.2) is 0 Å². The van der Waals surface area contributed by atoms with Gasteiger partial charge in [-0.3, -0.25) is 14.5 Å². The molecule has 0 unspecified atom stereocenters. The van der Waals surface area contributed by atoms with E-state index >= 15 is 0 Å². The number of hydrogen-bond acceptors (Lipinski definition) is 3. The summed E-state index contributed by atoms with van der Waals surface area (Å²) in [5.41, 5.74) is 2.28. The maximum absolute atomic E-state index is 12.1. The van der Waals surface area contributed by atoms with Crippen LogP contribution in [0.2, 0.25) is 0 Å². The fourth-order valence-corrected chi connectivity index (χ4v) is 3.19. The third kappa shape index (κ3) is 5.43. The molecule has 0 aliphatic carbocycles. The molecular weight excluding hydrogens is 326 g/mol. The van der Waals surface area contributed by atoms with E-state index in [2.05, 4.69) is 39.8 Å². The fraction of sp³-hybridized carbons (Fsp3) is 0.333. The highest BCUT2D eigenvalue weighted by Crippen LogP contribution is 2.13. The van der Waals surface area contributed by atoms with Crippen molar-refractivity contribution >= 4 is 11.8 Å². The predicted molar refractivity (Wildman–Crippen MR) is 101 cm³/mol. The first-order valence-corrected chi connectivity index (χ1v) is 9.09. The molecule has 0 aromatic heterocycles. The molecule has 2 aromatic rings. The first-order valence-electron chi connectivity index (χ1n) is 9.09. The molecule has 3 rings (SSSR count). The van der Waals surface area contributed by atoms with Crippen molar-refractivity contribution in [3.8, 4) is 0 Å². The summed E-state index contributed by atoms with van der Waals surface area (Å²) in [5, 5.41) is 5.53. The number of carbonyl (C=O) groups is 2. The van der Waals surface area contributed by atoms with Crippen molar-refractivity contribution in [2.45, 2.75) is 32.0 Å². The van der Waals surface area contributed by atoms with Gasteiger partial charge in [0.15, 0.2) is 0 Å². The molecule has 2 amide bonds. The van der Waals surface area contributed by atoms with Gasteiger partial charge in [-0.1, -0.05) is 60.7 Å². The molecule has 1 saturated heterocycles. The summed E-state index contributed by atoms with van der Waals surface area (Å²) in [6.45, 7) is 3.14. The van der Waals surface area contributed by atoms with Gasteiger partial charge in [-0.2, -0.15) is 0 Å². The highest BCUT2D eigenvalue weighted by atomic mass is 16.2. The maximum Gasteiger partial charge on any atom is 0.309 e. The molecule has 136 valence electrons. The van der Waals surface area contributed by atoms with Crippen LogP contribution >= 0.6 is 0 Å². The Morgan fingerprint density at radius 3 is 2.04 bits per heavy atom. The highest BCUT2D eigenvalue weighted by molar-refractivity contribution is 6.35. The van der Waals surface area contributed by atoms with Crippen LogP contribution < -0.4 is 10.6 Å².